The maximum absolute atomic E-state index is 2.62. The van der Waals surface area contributed by atoms with Crippen LogP contribution in [0.1, 0.15) is 82.4 Å². The maximum Gasteiger partial charge on any atom is 2.00 e. The van der Waals surface area contributed by atoms with E-state index in [4.69, 9.17) is 0 Å². The molecule has 2 aliphatic carbocycles. The van der Waals surface area contributed by atoms with E-state index in [1.807, 2.05) is 30.3 Å². The van der Waals surface area contributed by atoms with Gasteiger partial charge in [0.1, 0.15) is 0 Å². The molecule has 7 rings (SSSR count). The van der Waals surface area contributed by atoms with Crippen molar-refractivity contribution in [1.82, 2.24) is 0 Å². The van der Waals surface area contributed by atoms with Crippen LogP contribution in [0.3, 0.4) is 0 Å². The summed E-state index contributed by atoms with van der Waals surface area (Å²) in [7, 11) is -0.660. The number of benzene rings is 3. The Morgan fingerprint density at radius 1 is 0.600 bits per heavy atom. The number of hydrogen-bond donors (Lipinski definition) is 0. The molecular formula is C42H48FeP2. The topological polar surface area (TPSA) is 0 Å². The molecule has 234 valence electrons. The normalized spacial score (nSPS) is 16.5. The zero-order valence-corrected chi connectivity index (χ0v) is 29.6. The molecule has 5 aromatic carbocycles. The average molecular weight is 671 g/mol. The monoisotopic (exact) mass is 670 g/mol. The summed E-state index contributed by atoms with van der Waals surface area (Å²) in [6.45, 7) is 2.62. The zero-order chi connectivity index (χ0) is 30.0. The molecule has 0 unspecified atom stereocenters. The third-order valence-corrected chi connectivity index (χ3v) is 16.2. The Bertz CT molecular complexity index is 1420. The van der Waals surface area contributed by atoms with Gasteiger partial charge >= 0.3 is 17.1 Å². The Balaban J connectivity index is 0.000000609. The van der Waals surface area contributed by atoms with Crippen LogP contribution in [0, 0.1) is 0 Å². The largest absolute Gasteiger partial charge is 2.00 e. The van der Waals surface area contributed by atoms with Gasteiger partial charge in [-0.25, -0.2) is 12.1 Å². The Kier molecular flexibility index (Phi) is 13.3. The Morgan fingerprint density at radius 3 is 1.62 bits per heavy atom. The van der Waals surface area contributed by atoms with Gasteiger partial charge in [0, 0.05) is 0 Å². The van der Waals surface area contributed by atoms with Crippen LogP contribution in [-0.2, 0) is 17.1 Å². The van der Waals surface area contributed by atoms with Crippen LogP contribution in [0.2, 0.25) is 0 Å². The van der Waals surface area contributed by atoms with E-state index in [9.17, 15) is 0 Å². The Hall–Kier alpha value is -2.26. The molecule has 0 heterocycles. The summed E-state index contributed by atoms with van der Waals surface area (Å²) in [5, 5.41) is 4.35. The van der Waals surface area contributed by atoms with E-state index in [0.717, 1.165) is 11.3 Å². The second-order valence-corrected chi connectivity index (χ2v) is 17.9. The second-order valence-electron chi connectivity index (χ2n) is 12.6. The Morgan fingerprint density at radius 2 is 1.11 bits per heavy atom. The molecular weight excluding hydrogens is 622 g/mol. The first-order valence-electron chi connectivity index (χ1n) is 17.0. The van der Waals surface area contributed by atoms with E-state index in [1.165, 1.54) is 91.2 Å². The van der Waals surface area contributed by atoms with E-state index in [1.54, 1.807) is 5.56 Å². The first-order valence-corrected chi connectivity index (χ1v) is 19.9. The molecule has 0 nitrogen and oxygen atoms in total. The summed E-state index contributed by atoms with van der Waals surface area (Å²) < 4.78 is 0. The van der Waals surface area contributed by atoms with Gasteiger partial charge in [0.05, 0.1) is 0 Å². The van der Waals surface area contributed by atoms with Crippen LogP contribution < -0.4 is 15.9 Å². The molecule has 1 atom stereocenters. The van der Waals surface area contributed by atoms with Crippen molar-refractivity contribution in [2.24, 2.45) is 0 Å². The average Bonchev–Trinajstić information content (AvgIpc) is 3.84. The number of rotatable bonds is 8. The van der Waals surface area contributed by atoms with Gasteiger partial charge in [-0.05, 0) is 66.5 Å². The fraction of sp³-hybridized carbons (Fsp3) is 0.333. The predicted molar refractivity (Wildman–Crippen MR) is 197 cm³/mol. The Labute approximate surface area is 285 Å². The third-order valence-electron chi connectivity index (χ3n) is 9.76. The minimum absolute atomic E-state index is 0. The van der Waals surface area contributed by atoms with E-state index in [0.29, 0.717) is 5.66 Å². The minimum Gasteiger partial charge on any atom is -0.214 e. The van der Waals surface area contributed by atoms with Crippen LogP contribution in [-0.4, -0.2) is 11.3 Å². The van der Waals surface area contributed by atoms with Crippen molar-refractivity contribution in [2.75, 3.05) is 0 Å². The summed E-state index contributed by atoms with van der Waals surface area (Å²) in [5.74, 6) is 0. The van der Waals surface area contributed by atoms with Crippen molar-refractivity contribution in [2.45, 2.75) is 88.1 Å². The van der Waals surface area contributed by atoms with Crippen molar-refractivity contribution in [3.05, 3.63) is 139 Å². The van der Waals surface area contributed by atoms with Gasteiger partial charge in [-0.15, -0.1) is 25.1 Å². The molecule has 0 amide bonds. The molecule has 0 spiro atoms. The molecule has 0 bridgehead atoms. The van der Waals surface area contributed by atoms with E-state index in [2.05, 4.69) is 110 Å². The second kappa shape index (κ2) is 17.6. The van der Waals surface area contributed by atoms with Crippen molar-refractivity contribution >= 4 is 31.8 Å². The van der Waals surface area contributed by atoms with Gasteiger partial charge in [0.15, 0.2) is 0 Å². The molecule has 0 radical (unpaired) electrons. The van der Waals surface area contributed by atoms with Gasteiger partial charge in [0.2, 0.25) is 0 Å². The smallest absolute Gasteiger partial charge is 0.214 e. The molecule has 2 fully saturated rings. The first-order chi connectivity index (χ1) is 21.8. The molecule has 0 aliphatic heterocycles. The standard InChI is InChI=1S/C37H43P2.C5H5.Fe/c1-29(38(30-17-6-2-7-18-30)31-19-8-3-9-20-31)34-26-16-27-35(34)36-25-14-15-28-37(36)39(32-21-10-4-11-22-32)33-23-12-5-13-24-33;1-2-4-5-3-1;/h4-5,10-16,21-31H,2-3,6-9,17-20H2,1H3;1-5H;/q2*-1;+2/t29-;;/m0../s1. The van der Waals surface area contributed by atoms with Crippen molar-refractivity contribution in [1.29, 1.82) is 0 Å². The number of hydrogen-bond acceptors (Lipinski definition) is 0. The van der Waals surface area contributed by atoms with Crippen LogP contribution in [0.25, 0.3) is 11.1 Å². The third kappa shape index (κ3) is 8.56. The minimum atomic E-state index is -0.637. The molecule has 0 N–H and O–H groups in total. The van der Waals surface area contributed by atoms with Gasteiger partial charge < -0.3 is 0 Å². The van der Waals surface area contributed by atoms with Crippen molar-refractivity contribution in [3.63, 3.8) is 0 Å². The summed E-state index contributed by atoms with van der Waals surface area (Å²) in [6.07, 6.45) is 14.6. The maximum atomic E-state index is 2.62. The molecule has 3 heteroatoms. The fourth-order valence-corrected chi connectivity index (χ4v) is 14.5. The molecule has 0 aromatic heterocycles. The van der Waals surface area contributed by atoms with Crippen LogP contribution in [0.5, 0.6) is 0 Å². The van der Waals surface area contributed by atoms with E-state index >= 15 is 0 Å². The van der Waals surface area contributed by atoms with E-state index in [-0.39, 0.29) is 25.0 Å². The van der Waals surface area contributed by atoms with Crippen LogP contribution >= 0.6 is 15.8 Å². The summed E-state index contributed by atoms with van der Waals surface area (Å²) in [6, 6.07) is 49.0. The van der Waals surface area contributed by atoms with Gasteiger partial charge in [-0.2, -0.15) is 30.3 Å². The predicted octanol–water partition coefficient (Wildman–Crippen LogP) is 11.4. The quantitative estimate of drug-likeness (QED) is 0.0876. The summed E-state index contributed by atoms with van der Waals surface area (Å²) in [5.41, 5.74) is 7.18. The van der Waals surface area contributed by atoms with E-state index < -0.39 is 7.92 Å². The van der Waals surface area contributed by atoms with Crippen LogP contribution in [0.4, 0.5) is 0 Å². The van der Waals surface area contributed by atoms with Gasteiger partial charge in [0.25, 0.3) is 0 Å². The summed E-state index contributed by atoms with van der Waals surface area (Å²) >= 11 is 0. The van der Waals surface area contributed by atoms with Crippen molar-refractivity contribution < 1.29 is 17.1 Å². The summed E-state index contributed by atoms with van der Waals surface area (Å²) in [4.78, 5) is 0. The van der Waals surface area contributed by atoms with Crippen molar-refractivity contribution in [3.8, 4) is 11.1 Å². The fourth-order valence-electron chi connectivity index (χ4n) is 7.69. The molecule has 45 heavy (non-hydrogen) atoms. The molecule has 5 aromatic rings. The first kappa shape index (κ1) is 34.1. The molecule has 2 saturated carbocycles. The van der Waals surface area contributed by atoms with Gasteiger partial charge in [-0.1, -0.05) is 136 Å². The molecule has 0 saturated heterocycles. The van der Waals surface area contributed by atoms with Crippen LogP contribution in [0.15, 0.2) is 133 Å². The SMILES string of the molecule is C[C@@H]([c-]1cccc1-c1ccccc1P(c1ccccc1)c1ccccc1)P(C1CCCCC1)C1CCCCC1.[Fe+2].c1cc[cH-]c1. The van der Waals surface area contributed by atoms with Gasteiger partial charge in [-0.3, -0.25) is 0 Å². The molecule has 2 aliphatic rings. The zero-order valence-electron chi connectivity index (χ0n) is 26.8.